The van der Waals surface area contributed by atoms with Gasteiger partial charge in [0.15, 0.2) is 0 Å². The van der Waals surface area contributed by atoms with Crippen molar-refractivity contribution in [2.24, 2.45) is 11.8 Å². The number of nitrogens with one attached hydrogen (secondary N) is 1. The zero-order valence-corrected chi connectivity index (χ0v) is 18.0. The topological polar surface area (TPSA) is 78.3 Å². The minimum atomic E-state index is -4.43. The molecule has 1 saturated carbocycles. The predicted molar refractivity (Wildman–Crippen MR) is 111 cm³/mol. The standard InChI is InChI=1S/C23H30F3N3O2/c1-22(2,3)21-27-9-8-15(29-21)10-16-17(13-30)20(31)11-19(16)28-12-14-6-4-5-7-18(14)23(24,25)26/h4-9,16-17,19-20,28,30-31H,10-13H2,1-3H3. The molecule has 8 heteroatoms. The maximum Gasteiger partial charge on any atom is 0.416 e. The molecule has 3 N–H and O–H groups in total. The zero-order valence-electron chi connectivity index (χ0n) is 18.0. The van der Waals surface area contributed by atoms with Crippen LogP contribution in [0.2, 0.25) is 0 Å². The SMILES string of the molecule is CC(C)(C)c1nccc(CC2C(NCc3ccccc3C(F)(F)F)CC(O)C2CO)n1. The summed E-state index contributed by atoms with van der Waals surface area (Å²) in [7, 11) is 0. The van der Waals surface area contributed by atoms with Crippen LogP contribution in [0.4, 0.5) is 13.2 Å². The van der Waals surface area contributed by atoms with E-state index in [1.807, 2.05) is 26.8 Å². The van der Waals surface area contributed by atoms with Crippen molar-refractivity contribution in [2.45, 2.75) is 63.9 Å². The molecule has 0 radical (unpaired) electrons. The average molecular weight is 438 g/mol. The number of rotatable bonds is 6. The van der Waals surface area contributed by atoms with Gasteiger partial charge in [-0.15, -0.1) is 0 Å². The molecule has 1 heterocycles. The summed E-state index contributed by atoms with van der Waals surface area (Å²) in [5, 5.41) is 23.5. The molecule has 3 rings (SSSR count). The van der Waals surface area contributed by atoms with Gasteiger partial charge in [0, 0.05) is 42.4 Å². The molecule has 1 aliphatic rings. The fourth-order valence-electron chi connectivity index (χ4n) is 4.28. The van der Waals surface area contributed by atoms with Gasteiger partial charge in [0.25, 0.3) is 0 Å². The van der Waals surface area contributed by atoms with Gasteiger partial charge in [-0.3, -0.25) is 0 Å². The summed E-state index contributed by atoms with van der Waals surface area (Å²) in [4.78, 5) is 8.98. The first-order chi connectivity index (χ1) is 14.5. The van der Waals surface area contributed by atoms with E-state index in [-0.39, 0.29) is 42.0 Å². The Labute approximate surface area is 180 Å². The third-order valence-electron chi connectivity index (χ3n) is 5.97. The third kappa shape index (κ3) is 5.61. The second-order valence-corrected chi connectivity index (χ2v) is 9.28. The highest BCUT2D eigenvalue weighted by molar-refractivity contribution is 5.29. The first-order valence-electron chi connectivity index (χ1n) is 10.5. The highest BCUT2D eigenvalue weighted by Crippen LogP contribution is 2.36. The van der Waals surface area contributed by atoms with Crippen molar-refractivity contribution in [1.29, 1.82) is 0 Å². The van der Waals surface area contributed by atoms with Crippen LogP contribution in [0.5, 0.6) is 0 Å². The molecule has 4 atom stereocenters. The lowest BCUT2D eigenvalue weighted by Crippen LogP contribution is -2.36. The lowest BCUT2D eigenvalue weighted by Gasteiger charge is -2.26. The highest BCUT2D eigenvalue weighted by Gasteiger charge is 2.42. The van der Waals surface area contributed by atoms with Crippen molar-refractivity contribution in [3.63, 3.8) is 0 Å². The quantitative estimate of drug-likeness (QED) is 0.645. The van der Waals surface area contributed by atoms with Crippen molar-refractivity contribution in [3.8, 4) is 0 Å². The zero-order chi connectivity index (χ0) is 22.8. The second-order valence-electron chi connectivity index (χ2n) is 9.28. The molecule has 2 aromatic rings. The summed E-state index contributed by atoms with van der Waals surface area (Å²) in [6.45, 7) is 5.89. The van der Waals surface area contributed by atoms with E-state index in [4.69, 9.17) is 0 Å². The summed E-state index contributed by atoms with van der Waals surface area (Å²) >= 11 is 0. The molecule has 0 bridgehead atoms. The Balaban J connectivity index is 1.79. The fraction of sp³-hybridized carbons (Fsp3) is 0.565. The van der Waals surface area contributed by atoms with Crippen LogP contribution < -0.4 is 5.32 Å². The lowest BCUT2D eigenvalue weighted by molar-refractivity contribution is -0.138. The van der Waals surface area contributed by atoms with Crippen molar-refractivity contribution in [3.05, 3.63) is 59.2 Å². The van der Waals surface area contributed by atoms with Gasteiger partial charge in [-0.25, -0.2) is 9.97 Å². The Hall–Kier alpha value is -2.03. The molecule has 1 fully saturated rings. The van der Waals surface area contributed by atoms with E-state index >= 15 is 0 Å². The van der Waals surface area contributed by atoms with E-state index in [2.05, 4.69) is 15.3 Å². The Morgan fingerprint density at radius 1 is 1.10 bits per heavy atom. The van der Waals surface area contributed by atoms with Gasteiger partial charge in [0.1, 0.15) is 5.82 Å². The molecule has 5 nitrogen and oxygen atoms in total. The van der Waals surface area contributed by atoms with E-state index in [0.29, 0.717) is 18.7 Å². The van der Waals surface area contributed by atoms with Crippen molar-refractivity contribution in [2.75, 3.05) is 6.61 Å². The number of aromatic nitrogens is 2. The summed E-state index contributed by atoms with van der Waals surface area (Å²) < 4.78 is 39.9. The van der Waals surface area contributed by atoms with Crippen molar-refractivity contribution < 1.29 is 23.4 Å². The number of halogens is 3. The van der Waals surface area contributed by atoms with Crippen LogP contribution in [0.1, 0.15) is 49.8 Å². The van der Waals surface area contributed by atoms with Crippen LogP contribution in [-0.2, 0) is 24.6 Å². The molecule has 0 spiro atoms. The summed E-state index contributed by atoms with van der Waals surface area (Å²) in [6, 6.07) is 7.05. The molecule has 0 aliphatic heterocycles. The van der Waals surface area contributed by atoms with Crippen molar-refractivity contribution in [1.82, 2.24) is 15.3 Å². The van der Waals surface area contributed by atoms with Gasteiger partial charge in [-0.2, -0.15) is 13.2 Å². The van der Waals surface area contributed by atoms with Crippen LogP contribution in [0.3, 0.4) is 0 Å². The van der Waals surface area contributed by atoms with Gasteiger partial charge < -0.3 is 15.5 Å². The van der Waals surface area contributed by atoms with Crippen LogP contribution in [0.15, 0.2) is 36.5 Å². The number of alkyl halides is 3. The predicted octanol–water partition coefficient (Wildman–Crippen LogP) is 3.48. The molecule has 1 aromatic carbocycles. The number of aliphatic hydroxyl groups is 2. The van der Waals surface area contributed by atoms with Crippen LogP contribution in [0.25, 0.3) is 0 Å². The third-order valence-corrected chi connectivity index (χ3v) is 5.97. The van der Waals surface area contributed by atoms with E-state index in [1.54, 1.807) is 12.3 Å². The van der Waals surface area contributed by atoms with Crippen molar-refractivity contribution >= 4 is 0 Å². The minimum absolute atomic E-state index is 0.0265. The first-order valence-corrected chi connectivity index (χ1v) is 10.5. The molecule has 4 unspecified atom stereocenters. The Morgan fingerprint density at radius 2 is 1.81 bits per heavy atom. The number of nitrogens with zero attached hydrogens (tertiary/aromatic N) is 2. The second kappa shape index (κ2) is 9.22. The molecule has 31 heavy (non-hydrogen) atoms. The van der Waals surface area contributed by atoms with E-state index < -0.39 is 17.8 Å². The van der Waals surface area contributed by atoms with E-state index in [1.165, 1.54) is 12.1 Å². The lowest BCUT2D eigenvalue weighted by atomic mass is 9.88. The number of hydrogen-bond acceptors (Lipinski definition) is 5. The molecule has 170 valence electrons. The van der Waals surface area contributed by atoms with Gasteiger partial charge in [0.2, 0.25) is 0 Å². The van der Waals surface area contributed by atoms with Gasteiger partial charge in [-0.05, 0) is 36.5 Å². The van der Waals surface area contributed by atoms with Gasteiger partial charge in [-0.1, -0.05) is 39.0 Å². The van der Waals surface area contributed by atoms with Crippen LogP contribution in [-0.4, -0.2) is 38.9 Å². The fourth-order valence-corrected chi connectivity index (χ4v) is 4.28. The Morgan fingerprint density at radius 3 is 2.45 bits per heavy atom. The molecule has 0 saturated heterocycles. The first kappa shape index (κ1) is 23.6. The summed E-state index contributed by atoms with van der Waals surface area (Å²) in [6.07, 6.45) is -2.60. The van der Waals surface area contributed by atoms with Gasteiger partial charge in [0.05, 0.1) is 11.7 Å². The minimum Gasteiger partial charge on any atom is -0.396 e. The Kier molecular flexibility index (Phi) is 7.03. The van der Waals surface area contributed by atoms with Crippen LogP contribution >= 0.6 is 0 Å². The molecule has 1 aliphatic carbocycles. The smallest absolute Gasteiger partial charge is 0.396 e. The summed E-state index contributed by atoms with van der Waals surface area (Å²) in [5.74, 6) is 0.164. The highest BCUT2D eigenvalue weighted by atomic mass is 19.4. The monoisotopic (exact) mass is 437 g/mol. The number of benzene rings is 1. The largest absolute Gasteiger partial charge is 0.416 e. The Bertz CT molecular complexity index is 883. The molecular weight excluding hydrogens is 407 g/mol. The normalized spacial score (nSPS) is 24.5. The van der Waals surface area contributed by atoms with Crippen LogP contribution in [0, 0.1) is 11.8 Å². The maximum atomic E-state index is 13.3. The van der Waals surface area contributed by atoms with E-state index in [9.17, 15) is 23.4 Å². The maximum absolute atomic E-state index is 13.3. The number of hydrogen-bond donors (Lipinski definition) is 3. The molecule has 0 amide bonds. The van der Waals surface area contributed by atoms with E-state index in [0.717, 1.165) is 11.8 Å². The summed E-state index contributed by atoms with van der Waals surface area (Å²) in [5.41, 5.74) is 0.0650. The van der Waals surface area contributed by atoms with Gasteiger partial charge >= 0.3 is 6.18 Å². The number of aliphatic hydroxyl groups excluding tert-OH is 2. The molecular formula is C23H30F3N3O2. The average Bonchev–Trinajstić information content (AvgIpc) is 2.99. The molecule has 1 aromatic heterocycles.